The van der Waals surface area contributed by atoms with Crippen molar-refractivity contribution >= 4 is 17.2 Å². The van der Waals surface area contributed by atoms with Gasteiger partial charge in [-0.15, -0.1) is 0 Å². The normalized spacial score (nSPS) is 15.4. The zero-order valence-electron chi connectivity index (χ0n) is 16.1. The van der Waals surface area contributed by atoms with Crippen LogP contribution in [0, 0.1) is 5.41 Å². The van der Waals surface area contributed by atoms with E-state index in [1.54, 1.807) is 7.11 Å². The first-order valence-electron chi connectivity index (χ1n) is 9.38. The second-order valence-electron chi connectivity index (χ2n) is 6.94. The minimum atomic E-state index is 0.317. The summed E-state index contributed by atoms with van der Waals surface area (Å²) in [5.74, 6) is 1.14. The summed E-state index contributed by atoms with van der Waals surface area (Å²) in [7, 11) is 3.53. The molecule has 0 atom stereocenters. The second-order valence-corrected chi connectivity index (χ2v) is 6.94. The molecule has 0 saturated carbocycles. The Morgan fingerprint density at radius 1 is 1.22 bits per heavy atom. The summed E-state index contributed by atoms with van der Waals surface area (Å²) in [5.41, 5.74) is 9.85. The van der Waals surface area contributed by atoms with E-state index in [0.717, 1.165) is 60.7 Å². The number of likely N-dealkylation sites (tertiary alicyclic amines) is 1. The number of piperidine rings is 1. The summed E-state index contributed by atoms with van der Waals surface area (Å²) >= 11 is 0. The molecule has 6 heteroatoms. The Morgan fingerprint density at radius 3 is 2.67 bits per heavy atom. The largest absolute Gasteiger partial charge is 0.497 e. The number of nitrogens with two attached hydrogens (primary N) is 1. The van der Waals surface area contributed by atoms with Crippen molar-refractivity contribution in [3.8, 4) is 5.75 Å². The zero-order chi connectivity index (χ0) is 19.2. The van der Waals surface area contributed by atoms with Gasteiger partial charge in [0.2, 0.25) is 0 Å². The summed E-state index contributed by atoms with van der Waals surface area (Å²) in [5, 5.41) is 15.1. The predicted octanol–water partition coefficient (Wildman–Crippen LogP) is 3.10. The third-order valence-corrected chi connectivity index (χ3v) is 5.04. The van der Waals surface area contributed by atoms with E-state index in [9.17, 15) is 0 Å². The number of nitrogens with one attached hydrogen (secondary N) is 3. The highest BCUT2D eigenvalue weighted by Crippen LogP contribution is 2.25. The van der Waals surface area contributed by atoms with Crippen molar-refractivity contribution in [2.75, 3.05) is 37.9 Å². The number of methoxy groups -OCH3 is 1. The van der Waals surface area contributed by atoms with Gasteiger partial charge in [0.15, 0.2) is 0 Å². The van der Waals surface area contributed by atoms with Gasteiger partial charge in [-0.1, -0.05) is 18.2 Å². The number of hydrogen-bond acceptors (Lipinski definition) is 5. The van der Waals surface area contributed by atoms with Gasteiger partial charge in [-0.25, -0.2) is 0 Å². The summed E-state index contributed by atoms with van der Waals surface area (Å²) in [4.78, 5) is 2.42. The van der Waals surface area contributed by atoms with Crippen LogP contribution in [0.5, 0.6) is 5.75 Å². The lowest BCUT2D eigenvalue weighted by Gasteiger charge is -2.31. The van der Waals surface area contributed by atoms with Crippen LogP contribution in [0.2, 0.25) is 0 Å². The van der Waals surface area contributed by atoms with Crippen molar-refractivity contribution in [1.82, 2.24) is 4.90 Å². The molecule has 27 heavy (non-hydrogen) atoms. The molecular formula is C21H29N5O. The molecule has 0 amide bonds. The molecule has 1 aliphatic heterocycles. The van der Waals surface area contributed by atoms with E-state index in [1.165, 1.54) is 0 Å². The minimum absolute atomic E-state index is 0.317. The lowest BCUT2D eigenvalue weighted by molar-refractivity contribution is 0.205. The molecule has 0 spiro atoms. The highest BCUT2D eigenvalue weighted by molar-refractivity contribution is 6.10. The third-order valence-electron chi connectivity index (χ3n) is 5.04. The van der Waals surface area contributed by atoms with Crippen LogP contribution in [0.15, 0.2) is 42.5 Å². The predicted molar refractivity (Wildman–Crippen MR) is 112 cm³/mol. The number of rotatable bonds is 6. The Hall–Kier alpha value is -2.57. The average Bonchev–Trinajstić information content (AvgIpc) is 2.69. The van der Waals surface area contributed by atoms with Gasteiger partial charge in [0.25, 0.3) is 0 Å². The smallest absolute Gasteiger partial charge is 0.132 e. The van der Waals surface area contributed by atoms with Gasteiger partial charge in [0.05, 0.1) is 7.11 Å². The second kappa shape index (κ2) is 8.88. The average molecular weight is 367 g/mol. The maximum atomic E-state index is 8.70. The Kier molecular flexibility index (Phi) is 6.32. The molecule has 2 aromatic rings. The molecule has 0 unspecified atom stereocenters. The van der Waals surface area contributed by atoms with Gasteiger partial charge < -0.3 is 21.1 Å². The molecule has 1 aliphatic rings. The van der Waals surface area contributed by atoms with Crippen LogP contribution >= 0.6 is 0 Å². The Bertz CT molecular complexity index is 784. The van der Waals surface area contributed by atoms with Crippen molar-refractivity contribution in [1.29, 1.82) is 5.41 Å². The van der Waals surface area contributed by atoms with E-state index >= 15 is 0 Å². The standard InChI is InChI=1S/C21H29N5O/c1-24-19-8-3-5-15(14-26-11-9-16(22)10-12-26)20(19)21(23)25-17-6-4-7-18(13-17)27-2/h3-8,13,16,24H,9-12,14,22H2,1-2H3,(H2,23,25). The SMILES string of the molecule is CNc1cccc(CN2CCC(N)CC2)c1C(=N)Nc1cccc(OC)c1. The quantitative estimate of drug-likeness (QED) is 0.466. The summed E-state index contributed by atoms with van der Waals surface area (Å²) < 4.78 is 5.28. The Morgan fingerprint density at radius 2 is 1.96 bits per heavy atom. The first-order valence-corrected chi connectivity index (χ1v) is 9.38. The summed E-state index contributed by atoms with van der Waals surface area (Å²) in [6.45, 7) is 2.82. The fourth-order valence-electron chi connectivity index (χ4n) is 3.50. The maximum Gasteiger partial charge on any atom is 0.132 e. The van der Waals surface area contributed by atoms with Gasteiger partial charge >= 0.3 is 0 Å². The first kappa shape index (κ1) is 19.2. The molecule has 1 heterocycles. The number of ether oxygens (including phenoxy) is 1. The minimum Gasteiger partial charge on any atom is -0.497 e. The van der Waals surface area contributed by atoms with Crippen molar-refractivity contribution in [2.24, 2.45) is 5.73 Å². The lowest BCUT2D eigenvalue weighted by atomic mass is 10.0. The van der Waals surface area contributed by atoms with Gasteiger partial charge in [-0.3, -0.25) is 10.3 Å². The van der Waals surface area contributed by atoms with Crippen LogP contribution in [0.4, 0.5) is 11.4 Å². The molecule has 0 radical (unpaired) electrons. The topological polar surface area (TPSA) is 86.4 Å². The van der Waals surface area contributed by atoms with E-state index in [1.807, 2.05) is 43.4 Å². The summed E-state index contributed by atoms with van der Waals surface area (Å²) in [6.07, 6.45) is 2.06. The van der Waals surface area contributed by atoms with E-state index in [4.69, 9.17) is 15.9 Å². The molecular weight excluding hydrogens is 338 g/mol. The lowest BCUT2D eigenvalue weighted by Crippen LogP contribution is -2.39. The van der Waals surface area contributed by atoms with Crippen molar-refractivity contribution in [3.05, 3.63) is 53.6 Å². The van der Waals surface area contributed by atoms with E-state index in [0.29, 0.717) is 11.9 Å². The van der Waals surface area contributed by atoms with Crippen LogP contribution in [-0.4, -0.2) is 44.0 Å². The highest BCUT2D eigenvalue weighted by atomic mass is 16.5. The van der Waals surface area contributed by atoms with Crippen LogP contribution in [0.1, 0.15) is 24.0 Å². The molecule has 144 valence electrons. The summed E-state index contributed by atoms with van der Waals surface area (Å²) in [6, 6.07) is 14.1. The van der Waals surface area contributed by atoms with Crippen LogP contribution in [0.25, 0.3) is 0 Å². The van der Waals surface area contributed by atoms with Gasteiger partial charge in [-0.2, -0.15) is 0 Å². The highest BCUT2D eigenvalue weighted by Gasteiger charge is 2.19. The molecule has 5 N–H and O–H groups in total. The van der Waals surface area contributed by atoms with Crippen LogP contribution in [0.3, 0.4) is 0 Å². The zero-order valence-corrected chi connectivity index (χ0v) is 16.1. The molecule has 6 nitrogen and oxygen atoms in total. The van der Waals surface area contributed by atoms with E-state index < -0.39 is 0 Å². The molecule has 1 fully saturated rings. The van der Waals surface area contributed by atoms with Crippen LogP contribution < -0.4 is 21.1 Å². The monoisotopic (exact) mass is 367 g/mol. The Balaban J connectivity index is 1.82. The Labute approximate surface area is 161 Å². The molecule has 2 aromatic carbocycles. The fourth-order valence-corrected chi connectivity index (χ4v) is 3.50. The number of amidine groups is 1. The van der Waals surface area contributed by atoms with Gasteiger partial charge in [0, 0.05) is 42.6 Å². The molecule has 0 bridgehead atoms. The maximum absolute atomic E-state index is 8.70. The molecule has 0 aromatic heterocycles. The number of nitrogens with zero attached hydrogens (tertiary/aromatic N) is 1. The third kappa shape index (κ3) is 4.78. The number of hydrogen-bond donors (Lipinski definition) is 4. The van der Waals surface area contributed by atoms with Crippen molar-refractivity contribution in [2.45, 2.75) is 25.4 Å². The van der Waals surface area contributed by atoms with E-state index in [2.05, 4.69) is 21.6 Å². The fraction of sp³-hybridized carbons (Fsp3) is 0.381. The van der Waals surface area contributed by atoms with Gasteiger partial charge in [0.1, 0.15) is 11.6 Å². The van der Waals surface area contributed by atoms with Crippen molar-refractivity contribution in [3.63, 3.8) is 0 Å². The van der Waals surface area contributed by atoms with Crippen molar-refractivity contribution < 1.29 is 4.74 Å². The first-order chi connectivity index (χ1) is 13.1. The number of anilines is 2. The van der Waals surface area contributed by atoms with Gasteiger partial charge in [-0.05, 0) is 49.7 Å². The molecule has 3 rings (SSSR count). The van der Waals surface area contributed by atoms with E-state index in [-0.39, 0.29) is 0 Å². The number of benzene rings is 2. The van der Waals surface area contributed by atoms with Crippen LogP contribution in [-0.2, 0) is 6.54 Å². The molecule has 0 aliphatic carbocycles. The molecule has 1 saturated heterocycles.